The van der Waals surface area contributed by atoms with E-state index in [1.54, 1.807) is 6.20 Å². The lowest BCUT2D eigenvalue weighted by Crippen LogP contribution is -2.27. The molecule has 1 aliphatic carbocycles. The Labute approximate surface area is 135 Å². The van der Waals surface area contributed by atoms with E-state index in [1.807, 2.05) is 10.8 Å². The van der Waals surface area contributed by atoms with Gasteiger partial charge in [0.1, 0.15) is 5.82 Å². The van der Waals surface area contributed by atoms with E-state index >= 15 is 0 Å². The lowest BCUT2D eigenvalue weighted by molar-refractivity contribution is 0.101. The molecule has 0 bridgehead atoms. The minimum absolute atomic E-state index is 0.0883. The zero-order chi connectivity index (χ0) is 16.4. The number of carbonyl (C=O) groups is 1. The lowest BCUT2D eigenvalue weighted by atomic mass is 10.2. The third-order valence-corrected chi connectivity index (χ3v) is 5.38. The number of hydrogen-bond acceptors (Lipinski definition) is 4. The normalized spacial score (nSPS) is 14.8. The van der Waals surface area contributed by atoms with E-state index in [0.29, 0.717) is 24.6 Å². The minimum atomic E-state index is -3.57. The molecule has 2 aromatic rings. The van der Waals surface area contributed by atoms with Crippen LogP contribution >= 0.6 is 0 Å². The fourth-order valence-electron chi connectivity index (χ4n) is 2.46. The van der Waals surface area contributed by atoms with Gasteiger partial charge in [0.25, 0.3) is 0 Å². The average molecular weight is 333 g/mol. The molecule has 0 aliphatic heterocycles. The first-order chi connectivity index (χ1) is 11.0. The summed E-state index contributed by atoms with van der Waals surface area (Å²) >= 11 is 0. The van der Waals surface area contributed by atoms with Crippen LogP contribution in [0, 0.1) is 0 Å². The van der Waals surface area contributed by atoms with Gasteiger partial charge < -0.3 is 4.57 Å². The standard InChI is InChI=1S/C16H19N3O3S/c1-12(20)13-4-6-15(7-5-13)23(21,22)18-9-11-19-10-8-17-16(19)14-2-3-14/h4-8,10,14,18H,2-3,9,11H2,1H3. The molecule has 0 radical (unpaired) electrons. The summed E-state index contributed by atoms with van der Waals surface area (Å²) in [4.78, 5) is 15.7. The number of nitrogens with zero attached hydrogens (tertiary/aromatic N) is 2. The number of rotatable bonds is 7. The molecule has 1 aromatic heterocycles. The van der Waals surface area contributed by atoms with Crippen LogP contribution in [0.25, 0.3) is 0 Å². The molecule has 0 unspecified atom stereocenters. The molecule has 0 spiro atoms. The fraction of sp³-hybridized carbons (Fsp3) is 0.375. The number of sulfonamides is 1. The number of carbonyl (C=O) groups excluding carboxylic acids is 1. The molecule has 7 heteroatoms. The third-order valence-electron chi connectivity index (χ3n) is 3.91. The maximum absolute atomic E-state index is 12.3. The average Bonchev–Trinajstić information content (AvgIpc) is 3.27. The lowest BCUT2D eigenvalue weighted by Gasteiger charge is -2.09. The second kappa shape index (κ2) is 6.25. The van der Waals surface area contributed by atoms with Gasteiger partial charge in [0.05, 0.1) is 4.90 Å². The smallest absolute Gasteiger partial charge is 0.240 e. The Bertz CT molecular complexity index is 805. The molecule has 1 saturated carbocycles. The van der Waals surface area contributed by atoms with Gasteiger partial charge in [-0.3, -0.25) is 4.79 Å². The Hall–Kier alpha value is -1.99. The van der Waals surface area contributed by atoms with Crippen LogP contribution in [0.4, 0.5) is 0 Å². The molecule has 1 N–H and O–H groups in total. The monoisotopic (exact) mass is 333 g/mol. The Balaban J connectivity index is 1.62. The molecule has 3 rings (SSSR count). The predicted molar refractivity (Wildman–Crippen MR) is 85.8 cm³/mol. The highest BCUT2D eigenvalue weighted by molar-refractivity contribution is 7.89. The molecular formula is C16H19N3O3S. The zero-order valence-corrected chi connectivity index (χ0v) is 13.7. The van der Waals surface area contributed by atoms with E-state index in [1.165, 1.54) is 31.2 Å². The first-order valence-corrected chi connectivity index (χ1v) is 9.07. The summed E-state index contributed by atoms with van der Waals surface area (Å²) in [6.45, 7) is 2.30. The van der Waals surface area contributed by atoms with Crippen molar-refractivity contribution in [1.82, 2.24) is 14.3 Å². The number of nitrogens with one attached hydrogen (secondary N) is 1. The van der Waals surface area contributed by atoms with Gasteiger partial charge in [0.15, 0.2) is 5.78 Å². The summed E-state index contributed by atoms with van der Waals surface area (Å²) in [5.74, 6) is 1.48. The van der Waals surface area contributed by atoms with Crippen molar-refractivity contribution >= 4 is 15.8 Å². The van der Waals surface area contributed by atoms with Crippen molar-refractivity contribution in [2.45, 2.75) is 37.1 Å². The first-order valence-electron chi connectivity index (χ1n) is 7.59. The molecular weight excluding hydrogens is 314 g/mol. The van der Waals surface area contributed by atoms with Crippen LogP contribution in [0.15, 0.2) is 41.6 Å². The van der Waals surface area contributed by atoms with Gasteiger partial charge in [-0.1, -0.05) is 12.1 Å². The molecule has 1 aromatic carbocycles. The summed E-state index contributed by atoms with van der Waals surface area (Å²) in [6.07, 6.45) is 5.95. The van der Waals surface area contributed by atoms with Crippen molar-refractivity contribution in [3.8, 4) is 0 Å². The van der Waals surface area contributed by atoms with Crippen molar-refractivity contribution in [1.29, 1.82) is 0 Å². The summed E-state index contributed by atoms with van der Waals surface area (Å²) in [6, 6.07) is 5.95. The molecule has 6 nitrogen and oxygen atoms in total. The van der Waals surface area contributed by atoms with E-state index in [0.717, 1.165) is 18.7 Å². The summed E-state index contributed by atoms with van der Waals surface area (Å²) < 4.78 is 29.1. The van der Waals surface area contributed by atoms with Crippen LogP contribution in [0.3, 0.4) is 0 Å². The molecule has 1 aliphatic rings. The van der Waals surface area contributed by atoms with Crippen molar-refractivity contribution < 1.29 is 13.2 Å². The highest BCUT2D eigenvalue weighted by Gasteiger charge is 2.27. The number of aromatic nitrogens is 2. The summed E-state index contributed by atoms with van der Waals surface area (Å²) in [5.41, 5.74) is 0.497. The predicted octanol–water partition coefficient (Wildman–Crippen LogP) is 1.94. The molecule has 0 amide bonds. The van der Waals surface area contributed by atoms with E-state index in [-0.39, 0.29) is 10.7 Å². The molecule has 0 atom stereocenters. The Kier molecular flexibility index (Phi) is 4.32. The Morgan fingerprint density at radius 3 is 2.61 bits per heavy atom. The third kappa shape index (κ3) is 3.68. The quantitative estimate of drug-likeness (QED) is 0.785. The van der Waals surface area contributed by atoms with E-state index in [4.69, 9.17) is 0 Å². The van der Waals surface area contributed by atoms with Gasteiger partial charge in [-0.05, 0) is 31.9 Å². The van der Waals surface area contributed by atoms with Gasteiger partial charge in [-0.15, -0.1) is 0 Å². The second-order valence-electron chi connectivity index (χ2n) is 5.73. The summed E-state index contributed by atoms with van der Waals surface area (Å²) in [5, 5.41) is 0. The number of ketones is 1. The van der Waals surface area contributed by atoms with Gasteiger partial charge in [0, 0.05) is 37.0 Å². The molecule has 1 fully saturated rings. The molecule has 122 valence electrons. The number of Topliss-reactive ketones (excluding diaryl/α,β-unsaturated/α-hetero) is 1. The number of benzene rings is 1. The largest absolute Gasteiger partial charge is 0.333 e. The fourth-order valence-corrected chi connectivity index (χ4v) is 3.48. The highest BCUT2D eigenvalue weighted by Crippen LogP contribution is 2.38. The topological polar surface area (TPSA) is 81.1 Å². The van der Waals surface area contributed by atoms with Gasteiger partial charge in [0.2, 0.25) is 10.0 Å². The van der Waals surface area contributed by atoms with Crippen molar-refractivity contribution in [3.05, 3.63) is 48.0 Å². The van der Waals surface area contributed by atoms with Gasteiger partial charge >= 0.3 is 0 Å². The first kappa shape index (κ1) is 15.9. The zero-order valence-electron chi connectivity index (χ0n) is 12.9. The molecule has 23 heavy (non-hydrogen) atoms. The van der Waals surface area contributed by atoms with Crippen molar-refractivity contribution in [2.24, 2.45) is 0 Å². The van der Waals surface area contributed by atoms with E-state index < -0.39 is 10.0 Å². The maximum atomic E-state index is 12.3. The maximum Gasteiger partial charge on any atom is 0.240 e. The van der Waals surface area contributed by atoms with E-state index in [9.17, 15) is 13.2 Å². The Morgan fingerprint density at radius 1 is 1.30 bits per heavy atom. The SMILES string of the molecule is CC(=O)c1ccc(S(=O)(=O)NCCn2ccnc2C2CC2)cc1. The van der Waals surface area contributed by atoms with Crippen molar-refractivity contribution in [3.63, 3.8) is 0 Å². The summed E-state index contributed by atoms with van der Waals surface area (Å²) in [7, 11) is -3.57. The van der Waals surface area contributed by atoms with Crippen molar-refractivity contribution in [2.75, 3.05) is 6.54 Å². The highest BCUT2D eigenvalue weighted by atomic mass is 32.2. The van der Waals surface area contributed by atoms with E-state index in [2.05, 4.69) is 9.71 Å². The van der Waals surface area contributed by atoms with Crippen LogP contribution < -0.4 is 4.72 Å². The number of imidazole rings is 1. The van der Waals surface area contributed by atoms with Crippen LogP contribution in [-0.4, -0.2) is 30.3 Å². The van der Waals surface area contributed by atoms with Crippen LogP contribution in [0.2, 0.25) is 0 Å². The van der Waals surface area contributed by atoms with Crippen LogP contribution in [0.5, 0.6) is 0 Å². The minimum Gasteiger partial charge on any atom is -0.333 e. The molecule has 1 heterocycles. The van der Waals surface area contributed by atoms with Crippen LogP contribution in [-0.2, 0) is 16.6 Å². The number of hydrogen-bond donors (Lipinski definition) is 1. The van der Waals surface area contributed by atoms with Gasteiger partial charge in [-0.2, -0.15) is 0 Å². The van der Waals surface area contributed by atoms with Crippen LogP contribution in [0.1, 0.15) is 41.9 Å². The molecule has 0 saturated heterocycles. The second-order valence-corrected chi connectivity index (χ2v) is 7.50. The Morgan fingerprint density at radius 2 is 2.00 bits per heavy atom. The van der Waals surface area contributed by atoms with Gasteiger partial charge in [-0.25, -0.2) is 18.1 Å².